The molecule has 0 saturated heterocycles. The maximum atomic E-state index is 11.3. The summed E-state index contributed by atoms with van der Waals surface area (Å²) in [4.78, 5) is 11.3. The van der Waals surface area contributed by atoms with Crippen LogP contribution in [0.1, 0.15) is 52.9 Å². The van der Waals surface area contributed by atoms with Gasteiger partial charge in [-0.05, 0) is 39.7 Å². The third kappa shape index (κ3) is 6.89. The number of ether oxygens (including phenoxy) is 1. The molecule has 0 fully saturated rings. The van der Waals surface area contributed by atoms with Gasteiger partial charge in [0.25, 0.3) is 0 Å². The van der Waals surface area contributed by atoms with Gasteiger partial charge in [0.1, 0.15) is 5.60 Å². The summed E-state index contributed by atoms with van der Waals surface area (Å²) in [5.74, 6) is -0.100. The number of carbonyl (C=O) groups is 1. The second kappa shape index (κ2) is 6.82. The average Bonchev–Trinajstić information content (AvgIpc) is 2.03. The lowest BCUT2D eigenvalue weighted by Gasteiger charge is -2.24. The van der Waals surface area contributed by atoms with Crippen LogP contribution in [0.25, 0.3) is 0 Å². The van der Waals surface area contributed by atoms with Crippen LogP contribution in [0.5, 0.6) is 0 Å². The Kier molecular flexibility index (Phi) is 6.54. The van der Waals surface area contributed by atoms with E-state index >= 15 is 0 Å². The largest absolute Gasteiger partial charge is 0.460 e. The molecule has 0 radical (unpaired) electrons. The fourth-order valence-electron chi connectivity index (χ4n) is 1.43. The van der Waals surface area contributed by atoms with Crippen LogP contribution < -0.4 is 5.73 Å². The van der Waals surface area contributed by atoms with Crippen molar-refractivity contribution in [2.24, 2.45) is 5.73 Å². The highest BCUT2D eigenvalue weighted by Gasteiger charge is 2.20. The Hall–Kier alpha value is -0.570. The highest BCUT2D eigenvalue weighted by atomic mass is 16.6. The van der Waals surface area contributed by atoms with Crippen molar-refractivity contribution < 1.29 is 9.53 Å². The number of unbranched alkanes of at least 4 members (excludes halogenated alkanes) is 1. The lowest BCUT2D eigenvalue weighted by atomic mass is 10.0. The molecule has 0 bridgehead atoms. The predicted octanol–water partition coefficient (Wildman–Crippen LogP) is 2.24. The van der Waals surface area contributed by atoms with Crippen molar-refractivity contribution in [2.45, 2.75) is 58.5 Å². The third-order valence-electron chi connectivity index (χ3n) is 2.08. The highest BCUT2D eigenvalue weighted by molar-refractivity contribution is 5.69. The van der Waals surface area contributed by atoms with E-state index in [0.717, 1.165) is 25.7 Å². The second-order valence-corrected chi connectivity index (χ2v) is 4.23. The fourth-order valence-corrected chi connectivity index (χ4v) is 1.43. The van der Waals surface area contributed by atoms with Gasteiger partial charge in [-0.15, -0.1) is 0 Å². The molecule has 0 aliphatic carbocycles. The third-order valence-corrected chi connectivity index (χ3v) is 2.08. The van der Waals surface area contributed by atoms with Crippen LogP contribution in [0.2, 0.25) is 0 Å². The summed E-state index contributed by atoms with van der Waals surface area (Å²) in [6.45, 7) is 6.64. The molecule has 3 nitrogen and oxygen atoms in total. The zero-order chi connectivity index (χ0) is 11.0. The maximum absolute atomic E-state index is 11.3. The summed E-state index contributed by atoms with van der Waals surface area (Å²) in [6.07, 6.45) is 4.16. The molecule has 14 heavy (non-hydrogen) atoms. The maximum Gasteiger partial charge on any atom is 0.306 e. The van der Waals surface area contributed by atoms with Gasteiger partial charge in [-0.3, -0.25) is 4.79 Å². The Morgan fingerprint density at radius 2 is 2.00 bits per heavy atom. The molecule has 0 amide bonds. The molecule has 0 aromatic carbocycles. The molecule has 0 saturated carbocycles. The van der Waals surface area contributed by atoms with Gasteiger partial charge in [-0.2, -0.15) is 0 Å². The molecule has 0 rings (SSSR count). The summed E-state index contributed by atoms with van der Waals surface area (Å²) < 4.78 is 5.35. The molecule has 0 aromatic rings. The summed E-state index contributed by atoms with van der Waals surface area (Å²) in [6, 6.07) is 0. The molecule has 3 heteroatoms. The number of nitrogens with two attached hydrogens (primary N) is 1. The summed E-state index contributed by atoms with van der Waals surface area (Å²) in [7, 11) is 0. The van der Waals surface area contributed by atoms with Crippen molar-refractivity contribution in [3.05, 3.63) is 0 Å². The number of hydrogen-bond acceptors (Lipinski definition) is 3. The van der Waals surface area contributed by atoms with E-state index < -0.39 is 0 Å². The van der Waals surface area contributed by atoms with Crippen LogP contribution in [-0.4, -0.2) is 18.1 Å². The van der Waals surface area contributed by atoms with Gasteiger partial charge < -0.3 is 10.5 Å². The number of carbonyl (C=O) groups excluding carboxylic acids is 1. The van der Waals surface area contributed by atoms with Gasteiger partial charge in [-0.25, -0.2) is 0 Å². The average molecular weight is 201 g/mol. The fraction of sp³-hybridized carbons (Fsp3) is 0.909. The topological polar surface area (TPSA) is 52.3 Å². The van der Waals surface area contributed by atoms with Crippen LogP contribution in [-0.2, 0) is 9.53 Å². The first-order valence-electron chi connectivity index (χ1n) is 5.43. The normalized spacial score (nSPS) is 11.4. The minimum Gasteiger partial charge on any atom is -0.460 e. The van der Waals surface area contributed by atoms with Gasteiger partial charge in [0.05, 0.1) is 0 Å². The Bertz CT molecular complexity index is 167. The molecule has 0 atom stereocenters. The minimum atomic E-state index is -0.311. The van der Waals surface area contributed by atoms with Gasteiger partial charge in [-0.1, -0.05) is 13.3 Å². The molecule has 0 spiro atoms. The van der Waals surface area contributed by atoms with Crippen LogP contribution in [0.15, 0.2) is 0 Å². The zero-order valence-corrected chi connectivity index (χ0v) is 9.64. The van der Waals surface area contributed by atoms with Gasteiger partial charge >= 0.3 is 5.97 Å². The first kappa shape index (κ1) is 13.4. The first-order chi connectivity index (χ1) is 6.52. The molecule has 2 N–H and O–H groups in total. The standard InChI is InChI=1S/C11H23NO2/c1-4-8-11(2,3)14-10(13)7-5-6-9-12/h4-9,12H2,1-3H3. The number of rotatable bonds is 7. The SMILES string of the molecule is CCCC(C)(C)OC(=O)CCCCN. The van der Waals surface area contributed by atoms with E-state index in [4.69, 9.17) is 10.5 Å². The van der Waals surface area contributed by atoms with E-state index in [9.17, 15) is 4.79 Å². The van der Waals surface area contributed by atoms with E-state index in [1.54, 1.807) is 0 Å². The molecule has 0 heterocycles. The van der Waals surface area contributed by atoms with Gasteiger partial charge in [0, 0.05) is 6.42 Å². The summed E-state index contributed by atoms with van der Waals surface area (Å²) in [5.41, 5.74) is 5.03. The Morgan fingerprint density at radius 1 is 1.36 bits per heavy atom. The smallest absolute Gasteiger partial charge is 0.306 e. The lowest BCUT2D eigenvalue weighted by Crippen LogP contribution is -2.27. The minimum absolute atomic E-state index is 0.100. The van der Waals surface area contributed by atoms with Crippen molar-refractivity contribution in [2.75, 3.05) is 6.54 Å². The van der Waals surface area contributed by atoms with Crippen LogP contribution in [0, 0.1) is 0 Å². The Labute approximate surface area is 87.0 Å². The number of hydrogen-bond donors (Lipinski definition) is 1. The molecule has 0 unspecified atom stereocenters. The molecular weight excluding hydrogens is 178 g/mol. The van der Waals surface area contributed by atoms with Crippen molar-refractivity contribution in [3.8, 4) is 0 Å². The molecule has 84 valence electrons. The number of esters is 1. The van der Waals surface area contributed by atoms with Crippen LogP contribution in [0.4, 0.5) is 0 Å². The Balaban J connectivity index is 3.69. The Morgan fingerprint density at radius 3 is 2.50 bits per heavy atom. The van der Waals surface area contributed by atoms with Crippen molar-refractivity contribution in [3.63, 3.8) is 0 Å². The summed E-state index contributed by atoms with van der Waals surface area (Å²) >= 11 is 0. The van der Waals surface area contributed by atoms with Crippen molar-refractivity contribution >= 4 is 5.97 Å². The quantitative estimate of drug-likeness (QED) is 0.507. The lowest BCUT2D eigenvalue weighted by molar-refractivity contribution is -0.157. The molecule has 0 aromatic heterocycles. The van der Waals surface area contributed by atoms with E-state index in [0.29, 0.717) is 13.0 Å². The monoisotopic (exact) mass is 201 g/mol. The predicted molar refractivity (Wildman–Crippen MR) is 58.0 cm³/mol. The second-order valence-electron chi connectivity index (χ2n) is 4.23. The van der Waals surface area contributed by atoms with Gasteiger partial charge in [0.15, 0.2) is 0 Å². The molecule has 0 aliphatic heterocycles. The van der Waals surface area contributed by atoms with E-state index in [-0.39, 0.29) is 11.6 Å². The first-order valence-corrected chi connectivity index (χ1v) is 5.43. The van der Waals surface area contributed by atoms with Crippen LogP contribution in [0.3, 0.4) is 0 Å². The molecule has 0 aliphatic rings. The van der Waals surface area contributed by atoms with Crippen molar-refractivity contribution in [1.29, 1.82) is 0 Å². The van der Waals surface area contributed by atoms with E-state index in [2.05, 4.69) is 6.92 Å². The molecular formula is C11H23NO2. The van der Waals surface area contributed by atoms with E-state index in [1.807, 2.05) is 13.8 Å². The summed E-state index contributed by atoms with van der Waals surface area (Å²) in [5, 5.41) is 0. The van der Waals surface area contributed by atoms with Crippen LogP contribution >= 0.6 is 0 Å². The highest BCUT2D eigenvalue weighted by Crippen LogP contribution is 2.17. The van der Waals surface area contributed by atoms with E-state index in [1.165, 1.54) is 0 Å². The van der Waals surface area contributed by atoms with Gasteiger partial charge in [0.2, 0.25) is 0 Å². The zero-order valence-electron chi connectivity index (χ0n) is 9.64. The van der Waals surface area contributed by atoms with Crippen molar-refractivity contribution in [1.82, 2.24) is 0 Å².